The Labute approximate surface area is 197 Å². The number of nitrogens with one attached hydrogen (secondary N) is 2. The summed E-state index contributed by atoms with van der Waals surface area (Å²) in [5.74, 6) is 0.431. The van der Waals surface area contributed by atoms with E-state index in [0.29, 0.717) is 30.1 Å². The van der Waals surface area contributed by atoms with Crippen LogP contribution < -0.4 is 15.8 Å². The number of hydrogen-bond acceptors (Lipinski definition) is 7. The van der Waals surface area contributed by atoms with E-state index in [4.69, 9.17) is 9.72 Å². The van der Waals surface area contributed by atoms with E-state index in [1.165, 1.54) is 6.26 Å². The summed E-state index contributed by atoms with van der Waals surface area (Å²) < 4.78 is 29.1. The number of hydrogen-bond donors (Lipinski definition) is 2. The van der Waals surface area contributed by atoms with E-state index in [9.17, 15) is 13.2 Å². The summed E-state index contributed by atoms with van der Waals surface area (Å²) in [5, 5.41) is 4.51. The number of rotatable bonds is 5. The van der Waals surface area contributed by atoms with E-state index in [-0.39, 0.29) is 10.5 Å². The van der Waals surface area contributed by atoms with E-state index in [1.807, 2.05) is 30.3 Å². The molecule has 5 rings (SSSR count). The number of anilines is 3. The van der Waals surface area contributed by atoms with Crippen molar-refractivity contribution in [1.82, 2.24) is 9.97 Å². The molecule has 1 saturated heterocycles. The zero-order valence-corrected chi connectivity index (χ0v) is 19.4. The lowest BCUT2D eigenvalue weighted by Gasteiger charge is -2.29. The number of aromatic amines is 1. The van der Waals surface area contributed by atoms with E-state index < -0.39 is 9.84 Å². The smallest absolute Gasteiger partial charge is 0.259 e. The molecule has 34 heavy (non-hydrogen) atoms. The zero-order chi connectivity index (χ0) is 23.7. The molecule has 2 aromatic carbocycles. The molecule has 1 aliphatic rings. The van der Waals surface area contributed by atoms with Gasteiger partial charge in [-0.05, 0) is 47.9 Å². The van der Waals surface area contributed by atoms with Crippen LogP contribution in [0.5, 0.6) is 0 Å². The predicted molar refractivity (Wildman–Crippen MR) is 134 cm³/mol. The molecule has 9 heteroatoms. The van der Waals surface area contributed by atoms with Gasteiger partial charge in [0.05, 0.1) is 29.2 Å². The van der Waals surface area contributed by atoms with Gasteiger partial charge in [-0.25, -0.2) is 13.4 Å². The molecular weight excluding hydrogens is 452 g/mol. The molecule has 0 amide bonds. The Hall–Kier alpha value is -3.69. The molecule has 0 unspecified atom stereocenters. The standard InChI is InChI=1S/C25H24N4O4S/c1-34(31,32)21-7-5-17(6-8-21)22-15-18-9-10-26-25(30)23(18)24(28-22)27-19-3-2-4-20(16-19)29-11-13-33-14-12-29/h2-10,15-16H,11-14H2,1H3,(H,26,30)(H,27,28). The first-order valence-electron chi connectivity index (χ1n) is 10.9. The predicted octanol–water partition coefficient (Wildman–Crippen LogP) is 3.57. The van der Waals surface area contributed by atoms with Gasteiger partial charge < -0.3 is 19.9 Å². The number of ether oxygens (including phenoxy) is 1. The van der Waals surface area contributed by atoms with Crippen LogP contribution in [0.3, 0.4) is 0 Å². The van der Waals surface area contributed by atoms with Gasteiger partial charge in [-0.3, -0.25) is 4.79 Å². The number of sulfone groups is 1. The second-order valence-electron chi connectivity index (χ2n) is 8.20. The van der Waals surface area contributed by atoms with E-state index in [2.05, 4.69) is 21.3 Å². The number of nitrogens with zero attached hydrogens (tertiary/aromatic N) is 2. The van der Waals surface area contributed by atoms with Crippen molar-refractivity contribution in [2.45, 2.75) is 4.90 Å². The number of pyridine rings is 2. The Morgan fingerprint density at radius 1 is 1.03 bits per heavy atom. The number of benzene rings is 2. The summed E-state index contributed by atoms with van der Waals surface area (Å²) in [6.07, 6.45) is 2.78. The Balaban J connectivity index is 1.56. The van der Waals surface area contributed by atoms with Crippen LogP contribution >= 0.6 is 0 Å². The minimum atomic E-state index is -3.29. The van der Waals surface area contributed by atoms with Crippen molar-refractivity contribution >= 4 is 37.8 Å². The van der Waals surface area contributed by atoms with Crippen molar-refractivity contribution in [2.24, 2.45) is 0 Å². The summed E-state index contributed by atoms with van der Waals surface area (Å²) >= 11 is 0. The fourth-order valence-corrected chi connectivity index (χ4v) is 4.69. The maximum atomic E-state index is 12.7. The summed E-state index contributed by atoms with van der Waals surface area (Å²) in [4.78, 5) is 22.7. The first-order chi connectivity index (χ1) is 16.4. The second kappa shape index (κ2) is 8.92. The first kappa shape index (κ1) is 22.1. The number of fused-ring (bicyclic) bond motifs is 1. The summed E-state index contributed by atoms with van der Waals surface area (Å²) in [6, 6.07) is 18.2. The molecule has 4 aromatic rings. The molecule has 0 atom stereocenters. The molecule has 2 N–H and O–H groups in total. The highest BCUT2D eigenvalue weighted by Gasteiger charge is 2.15. The zero-order valence-electron chi connectivity index (χ0n) is 18.6. The normalized spacial score (nSPS) is 14.3. The quantitative estimate of drug-likeness (QED) is 0.454. The third-order valence-corrected chi connectivity index (χ3v) is 6.95. The van der Waals surface area contributed by atoms with E-state index in [0.717, 1.165) is 35.4 Å². The maximum absolute atomic E-state index is 12.7. The number of H-pyrrole nitrogens is 1. The average molecular weight is 477 g/mol. The van der Waals surface area contributed by atoms with E-state index >= 15 is 0 Å². The number of morpholine rings is 1. The SMILES string of the molecule is CS(=O)(=O)c1ccc(-c2cc3cc[nH]c(=O)c3c(Nc3cccc(N4CCOCC4)c3)n2)cc1. The number of aromatic nitrogens is 2. The van der Waals surface area contributed by atoms with Crippen LogP contribution in [0.1, 0.15) is 0 Å². The van der Waals surface area contributed by atoms with Crippen LogP contribution in [-0.4, -0.2) is 50.9 Å². The van der Waals surface area contributed by atoms with Crippen molar-refractivity contribution in [2.75, 3.05) is 42.8 Å². The Morgan fingerprint density at radius 3 is 2.53 bits per heavy atom. The highest BCUT2D eigenvalue weighted by atomic mass is 32.2. The Morgan fingerprint density at radius 2 is 1.79 bits per heavy atom. The second-order valence-corrected chi connectivity index (χ2v) is 10.2. The molecule has 0 saturated carbocycles. The third-order valence-electron chi connectivity index (χ3n) is 5.82. The monoisotopic (exact) mass is 476 g/mol. The molecule has 174 valence electrons. The lowest BCUT2D eigenvalue weighted by molar-refractivity contribution is 0.122. The highest BCUT2D eigenvalue weighted by Crippen LogP contribution is 2.29. The van der Waals surface area contributed by atoms with Crippen LogP contribution in [0.2, 0.25) is 0 Å². The van der Waals surface area contributed by atoms with Crippen molar-refractivity contribution in [1.29, 1.82) is 0 Å². The van der Waals surface area contributed by atoms with Gasteiger partial charge in [-0.15, -0.1) is 0 Å². The van der Waals surface area contributed by atoms with Gasteiger partial charge >= 0.3 is 0 Å². The van der Waals surface area contributed by atoms with Crippen molar-refractivity contribution in [3.8, 4) is 11.3 Å². The molecule has 2 aromatic heterocycles. The largest absolute Gasteiger partial charge is 0.378 e. The van der Waals surface area contributed by atoms with Crippen molar-refractivity contribution < 1.29 is 13.2 Å². The molecule has 8 nitrogen and oxygen atoms in total. The van der Waals surface area contributed by atoms with Gasteiger partial charge in [0.1, 0.15) is 5.82 Å². The lowest BCUT2D eigenvalue weighted by atomic mass is 10.1. The third kappa shape index (κ3) is 4.52. The topological polar surface area (TPSA) is 104 Å². The Bertz CT molecular complexity index is 1510. The maximum Gasteiger partial charge on any atom is 0.259 e. The van der Waals surface area contributed by atoms with E-state index in [1.54, 1.807) is 30.5 Å². The van der Waals surface area contributed by atoms with Gasteiger partial charge in [0.15, 0.2) is 9.84 Å². The van der Waals surface area contributed by atoms with Crippen LogP contribution in [0.25, 0.3) is 22.0 Å². The fourth-order valence-electron chi connectivity index (χ4n) is 4.06. The highest BCUT2D eigenvalue weighted by molar-refractivity contribution is 7.90. The molecule has 0 radical (unpaired) electrons. The molecular formula is C25H24N4O4S. The van der Waals surface area contributed by atoms with Crippen LogP contribution in [0, 0.1) is 0 Å². The molecule has 1 aliphatic heterocycles. The van der Waals surface area contributed by atoms with Gasteiger partial charge in [0.2, 0.25) is 0 Å². The molecule has 1 fully saturated rings. The van der Waals surface area contributed by atoms with Crippen LogP contribution in [0.4, 0.5) is 17.2 Å². The molecule has 3 heterocycles. The lowest BCUT2D eigenvalue weighted by Crippen LogP contribution is -2.36. The van der Waals surface area contributed by atoms with Crippen LogP contribution in [-0.2, 0) is 14.6 Å². The summed E-state index contributed by atoms with van der Waals surface area (Å²) in [5.41, 5.74) is 3.02. The molecule has 0 bridgehead atoms. The minimum Gasteiger partial charge on any atom is -0.378 e. The van der Waals surface area contributed by atoms with Gasteiger partial charge in [0.25, 0.3) is 5.56 Å². The van der Waals surface area contributed by atoms with Crippen molar-refractivity contribution in [3.05, 3.63) is 77.2 Å². The van der Waals surface area contributed by atoms with Gasteiger partial charge in [0, 0.05) is 42.5 Å². The first-order valence-corrected chi connectivity index (χ1v) is 12.8. The van der Waals surface area contributed by atoms with Gasteiger partial charge in [-0.1, -0.05) is 18.2 Å². The summed E-state index contributed by atoms with van der Waals surface area (Å²) in [6.45, 7) is 3.03. The Kier molecular flexibility index (Phi) is 5.80. The summed E-state index contributed by atoms with van der Waals surface area (Å²) in [7, 11) is -3.29. The fraction of sp³-hybridized carbons (Fsp3) is 0.200. The molecule has 0 aliphatic carbocycles. The van der Waals surface area contributed by atoms with Crippen molar-refractivity contribution in [3.63, 3.8) is 0 Å². The van der Waals surface area contributed by atoms with Gasteiger partial charge in [-0.2, -0.15) is 0 Å². The minimum absolute atomic E-state index is 0.240. The molecule has 0 spiro atoms. The average Bonchev–Trinajstić information content (AvgIpc) is 2.84. The van der Waals surface area contributed by atoms with Crippen LogP contribution in [0.15, 0.2) is 76.6 Å².